The maximum Gasteiger partial charge on any atom is 0.336 e. The maximum atomic E-state index is 11.6. The number of hydrogen-bond donors (Lipinski definition) is 0. The molecule has 0 aliphatic heterocycles. The van der Waals surface area contributed by atoms with E-state index in [2.05, 4.69) is 0 Å². The topological polar surface area (TPSA) is 39.4 Å². The van der Waals surface area contributed by atoms with Crippen LogP contribution in [-0.2, 0) is 4.79 Å². The molecule has 0 saturated carbocycles. The largest absolute Gasteiger partial charge is 0.465 e. The normalized spacial score (nSPS) is 10.8. The summed E-state index contributed by atoms with van der Waals surface area (Å²) in [5.41, 5.74) is 2.13. The lowest BCUT2D eigenvalue weighted by Crippen LogP contribution is -2.03. The molecular weight excluding hydrogens is 228 g/mol. The van der Waals surface area contributed by atoms with Crippen molar-refractivity contribution in [2.24, 2.45) is 0 Å². The van der Waals surface area contributed by atoms with Gasteiger partial charge in [-0.2, -0.15) is 0 Å². The number of carbonyl (C=O) groups is 1. The Morgan fingerprint density at radius 3 is 2.56 bits per heavy atom. The van der Waals surface area contributed by atoms with Crippen LogP contribution in [0.25, 0.3) is 6.08 Å². The van der Waals surface area contributed by atoms with Crippen LogP contribution >= 0.6 is 0 Å². The molecule has 18 heavy (non-hydrogen) atoms. The van der Waals surface area contributed by atoms with Crippen LogP contribution in [0.4, 0.5) is 0 Å². The number of benzene rings is 1. The Kier molecular flexibility index (Phi) is 3.63. The molecule has 0 radical (unpaired) electrons. The Morgan fingerprint density at radius 2 is 1.94 bits per heavy atom. The number of furan rings is 1. The standard InChI is InChI=1S/C15H14O3/c1-11-8-12(2)10-14(9-11)18-15(16)6-5-13-4-3-7-17-13/h3-10H,1-2H3/b6-5+. The molecule has 0 unspecified atom stereocenters. The second-order valence-corrected chi connectivity index (χ2v) is 4.09. The molecule has 3 nitrogen and oxygen atoms in total. The fourth-order valence-corrected chi connectivity index (χ4v) is 1.68. The summed E-state index contributed by atoms with van der Waals surface area (Å²) in [5.74, 6) is 0.755. The number of hydrogen-bond acceptors (Lipinski definition) is 3. The minimum absolute atomic E-state index is 0.420. The minimum atomic E-state index is -0.420. The summed E-state index contributed by atoms with van der Waals surface area (Å²) < 4.78 is 10.3. The molecule has 2 rings (SSSR count). The highest BCUT2D eigenvalue weighted by atomic mass is 16.5. The molecule has 2 aromatic rings. The van der Waals surface area contributed by atoms with Gasteiger partial charge in [-0.25, -0.2) is 4.79 Å². The molecule has 3 heteroatoms. The molecule has 0 N–H and O–H groups in total. The molecule has 0 spiro atoms. The lowest BCUT2D eigenvalue weighted by molar-refractivity contribution is -0.128. The van der Waals surface area contributed by atoms with Gasteiger partial charge in [0, 0.05) is 6.08 Å². The van der Waals surface area contributed by atoms with Gasteiger partial charge in [0.2, 0.25) is 0 Å². The number of carbonyl (C=O) groups excluding carboxylic acids is 1. The second-order valence-electron chi connectivity index (χ2n) is 4.09. The van der Waals surface area contributed by atoms with Crippen molar-refractivity contribution in [3.05, 3.63) is 59.6 Å². The Labute approximate surface area is 106 Å². The van der Waals surface area contributed by atoms with Gasteiger partial charge in [0.05, 0.1) is 6.26 Å². The molecule has 0 bridgehead atoms. The van der Waals surface area contributed by atoms with Crippen molar-refractivity contribution in [1.29, 1.82) is 0 Å². The van der Waals surface area contributed by atoms with E-state index in [9.17, 15) is 4.79 Å². The van der Waals surface area contributed by atoms with Crippen molar-refractivity contribution < 1.29 is 13.9 Å². The summed E-state index contributed by atoms with van der Waals surface area (Å²) in [5, 5.41) is 0. The number of rotatable bonds is 3. The van der Waals surface area contributed by atoms with Crippen molar-refractivity contribution in [2.75, 3.05) is 0 Å². The van der Waals surface area contributed by atoms with Crippen molar-refractivity contribution in [1.82, 2.24) is 0 Å². The fourth-order valence-electron chi connectivity index (χ4n) is 1.68. The zero-order chi connectivity index (χ0) is 13.0. The zero-order valence-electron chi connectivity index (χ0n) is 10.3. The van der Waals surface area contributed by atoms with E-state index in [0.717, 1.165) is 11.1 Å². The van der Waals surface area contributed by atoms with E-state index in [1.54, 1.807) is 24.5 Å². The van der Waals surface area contributed by atoms with Gasteiger partial charge in [0.1, 0.15) is 11.5 Å². The first kappa shape index (κ1) is 12.2. The lowest BCUT2D eigenvalue weighted by atomic mass is 10.1. The third-order valence-corrected chi connectivity index (χ3v) is 2.34. The minimum Gasteiger partial charge on any atom is -0.465 e. The van der Waals surface area contributed by atoms with Crippen LogP contribution in [0.5, 0.6) is 5.75 Å². The fraction of sp³-hybridized carbons (Fsp3) is 0.133. The molecule has 0 fully saturated rings. The van der Waals surface area contributed by atoms with Crippen LogP contribution in [0.15, 0.2) is 47.1 Å². The van der Waals surface area contributed by atoms with Gasteiger partial charge in [0.15, 0.2) is 0 Å². The van der Waals surface area contributed by atoms with Crippen LogP contribution in [0.1, 0.15) is 16.9 Å². The van der Waals surface area contributed by atoms with E-state index in [0.29, 0.717) is 11.5 Å². The first-order chi connectivity index (χ1) is 8.63. The van der Waals surface area contributed by atoms with E-state index in [-0.39, 0.29) is 0 Å². The molecule has 92 valence electrons. The Morgan fingerprint density at radius 1 is 1.22 bits per heavy atom. The first-order valence-corrected chi connectivity index (χ1v) is 5.65. The van der Waals surface area contributed by atoms with Crippen molar-refractivity contribution in [3.63, 3.8) is 0 Å². The smallest absolute Gasteiger partial charge is 0.336 e. The summed E-state index contributed by atoms with van der Waals surface area (Å²) in [6.45, 7) is 3.92. The summed E-state index contributed by atoms with van der Waals surface area (Å²) in [4.78, 5) is 11.6. The summed E-state index contributed by atoms with van der Waals surface area (Å²) in [6, 6.07) is 9.20. The highest BCUT2D eigenvalue weighted by molar-refractivity contribution is 5.88. The average molecular weight is 242 g/mol. The van der Waals surface area contributed by atoms with Gasteiger partial charge in [-0.15, -0.1) is 0 Å². The quantitative estimate of drug-likeness (QED) is 0.469. The number of aryl methyl sites for hydroxylation is 2. The Hall–Kier alpha value is -2.29. The SMILES string of the molecule is Cc1cc(C)cc(OC(=O)/C=C/c2ccco2)c1. The number of ether oxygens (including phenoxy) is 1. The second kappa shape index (κ2) is 5.36. The van der Waals surface area contributed by atoms with Crippen LogP contribution in [0.3, 0.4) is 0 Å². The van der Waals surface area contributed by atoms with Gasteiger partial charge in [-0.3, -0.25) is 0 Å². The van der Waals surface area contributed by atoms with Crippen LogP contribution in [0.2, 0.25) is 0 Å². The molecule has 0 saturated heterocycles. The molecule has 0 atom stereocenters. The third-order valence-electron chi connectivity index (χ3n) is 2.34. The molecule has 0 aliphatic carbocycles. The number of esters is 1. The van der Waals surface area contributed by atoms with Gasteiger partial charge in [-0.1, -0.05) is 6.07 Å². The lowest BCUT2D eigenvalue weighted by Gasteiger charge is -2.04. The molecule has 1 aromatic carbocycles. The van der Waals surface area contributed by atoms with Gasteiger partial charge >= 0.3 is 5.97 Å². The molecule has 1 heterocycles. The predicted octanol–water partition coefficient (Wildman–Crippen LogP) is 3.52. The Balaban J connectivity index is 2.03. The van der Waals surface area contributed by atoms with Crippen LogP contribution in [-0.4, -0.2) is 5.97 Å². The molecule has 0 aliphatic rings. The zero-order valence-corrected chi connectivity index (χ0v) is 10.3. The van der Waals surface area contributed by atoms with Crippen LogP contribution in [0, 0.1) is 13.8 Å². The molecule has 0 amide bonds. The van der Waals surface area contributed by atoms with Crippen molar-refractivity contribution >= 4 is 12.0 Å². The summed E-state index contributed by atoms with van der Waals surface area (Å²) in [6.07, 6.45) is 4.47. The van der Waals surface area contributed by atoms with Crippen molar-refractivity contribution in [2.45, 2.75) is 13.8 Å². The molecular formula is C15H14O3. The monoisotopic (exact) mass is 242 g/mol. The van der Waals surface area contributed by atoms with Crippen molar-refractivity contribution in [3.8, 4) is 5.75 Å². The summed E-state index contributed by atoms with van der Waals surface area (Å²) in [7, 11) is 0. The maximum absolute atomic E-state index is 11.6. The van der Waals surface area contributed by atoms with Gasteiger partial charge in [0.25, 0.3) is 0 Å². The highest BCUT2D eigenvalue weighted by Gasteiger charge is 2.02. The molecule has 1 aromatic heterocycles. The van der Waals surface area contributed by atoms with E-state index >= 15 is 0 Å². The van der Waals surface area contributed by atoms with Crippen LogP contribution < -0.4 is 4.74 Å². The van der Waals surface area contributed by atoms with E-state index in [4.69, 9.17) is 9.15 Å². The highest BCUT2D eigenvalue weighted by Crippen LogP contribution is 2.16. The van der Waals surface area contributed by atoms with E-state index in [1.165, 1.54) is 6.08 Å². The van der Waals surface area contributed by atoms with E-state index in [1.807, 2.05) is 32.0 Å². The predicted molar refractivity (Wildman–Crippen MR) is 69.3 cm³/mol. The van der Waals surface area contributed by atoms with Gasteiger partial charge in [-0.05, 0) is 55.3 Å². The first-order valence-electron chi connectivity index (χ1n) is 5.65. The summed E-state index contributed by atoms with van der Waals surface area (Å²) >= 11 is 0. The average Bonchev–Trinajstić information content (AvgIpc) is 2.77. The van der Waals surface area contributed by atoms with Gasteiger partial charge < -0.3 is 9.15 Å². The Bertz CT molecular complexity index is 545. The van der Waals surface area contributed by atoms with E-state index < -0.39 is 5.97 Å². The third kappa shape index (κ3) is 3.35.